The summed E-state index contributed by atoms with van der Waals surface area (Å²) in [5, 5.41) is 0. The third kappa shape index (κ3) is 9.82. The molecule has 0 rings (SSSR count). The van der Waals surface area contributed by atoms with Crippen LogP contribution < -0.4 is 0 Å². The maximum absolute atomic E-state index is 12.0. The van der Waals surface area contributed by atoms with Crippen LogP contribution >= 0.6 is 0 Å². The number of amides is 1. The summed E-state index contributed by atoms with van der Waals surface area (Å²) < 4.78 is 5.59. The molecule has 0 unspecified atom stereocenters. The lowest BCUT2D eigenvalue weighted by molar-refractivity contribution is -0.130. The second-order valence-corrected chi connectivity index (χ2v) is 6.33. The Morgan fingerprint density at radius 2 is 1.33 bits per heavy atom. The first-order valence-corrected chi connectivity index (χ1v) is 7.97. The highest BCUT2D eigenvalue weighted by Crippen LogP contribution is 1.98. The molecule has 0 fully saturated rings. The monoisotopic (exact) mass is 301 g/mol. The van der Waals surface area contributed by atoms with Gasteiger partial charge in [-0.3, -0.25) is 4.79 Å². The van der Waals surface area contributed by atoms with Gasteiger partial charge in [-0.25, -0.2) is 0 Å². The summed E-state index contributed by atoms with van der Waals surface area (Å²) in [4.78, 5) is 18.2. The van der Waals surface area contributed by atoms with E-state index < -0.39 is 0 Å². The SMILES string of the molecule is CC(C)N(C)CCOCCN(C)C(=O)CCN(C)C(C)C. The van der Waals surface area contributed by atoms with E-state index in [0.29, 0.717) is 38.3 Å². The van der Waals surface area contributed by atoms with Gasteiger partial charge in [0.05, 0.1) is 13.2 Å². The molecule has 0 saturated carbocycles. The van der Waals surface area contributed by atoms with Crippen LogP contribution in [0.25, 0.3) is 0 Å². The maximum atomic E-state index is 12.0. The minimum Gasteiger partial charge on any atom is -0.378 e. The molecule has 126 valence electrons. The highest BCUT2D eigenvalue weighted by molar-refractivity contribution is 5.76. The van der Waals surface area contributed by atoms with Crippen molar-refractivity contribution in [2.24, 2.45) is 0 Å². The van der Waals surface area contributed by atoms with E-state index in [4.69, 9.17) is 4.74 Å². The summed E-state index contributed by atoms with van der Waals surface area (Å²) in [5.41, 5.74) is 0. The normalized spacial score (nSPS) is 12.0. The Hall–Kier alpha value is -0.650. The summed E-state index contributed by atoms with van der Waals surface area (Å²) >= 11 is 0. The second-order valence-electron chi connectivity index (χ2n) is 6.33. The fraction of sp³-hybridized carbons (Fsp3) is 0.938. The molecule has 5 heteroatoms. The van der Waals surface area contributed by atoms with Crippen LogP contribution in [0.4, 0.5) is 0 Å². The van der Waals surface area contributed by atoms with Gasteiger partial charge in [-0.05, 0) is 41.8 Å². The first-order valence-electron chi connectivity index (χ1n) is 7.97. The lowest BCUT2D eigenvalue weighted by Gasteiger charge is -2.23. The molecule has 0 bridgehead atoms. The zero-order valence-corrected chi connectivity index (χ0v) is 15.1. The Balaban J connectivity index is 3.69. The van der Waals surface area contributed by atoms with Crippen LogP contribution in [0, 0.1) is 0 Å². The van der Waals surface area contributed by atoms with E-state index in [-0.39, 0.29) is 5.91 Å². The molecule has 21 heavy (non-hydrogen) atoms. The van der Waals surface area contributed by atoms with Gasteiger partial charge < -0.3 is 19.4 Å². The molecule has 0 aromatic rings. The quantitative estimate of drug-likeness (QED) is 0.542. The number of carbonyl (C=O) groups is 1. The molecule has 0 saturated heterocycles. The van der Waals surface area contributed by atoms with E-state index in [2.05, 4.69) is 44.5 Å². The van der Waals surface area contributed by atoms with Crippen molar-refractivity contribution in [3.8, 4) is 0 Å². The van der Waals surface area contributed by atoms with Gasteiger partial charge in [-0.1, -0.05) is 0 Å². The molecule has 0 aromatic carbocycles. The second kappa shape index (κ2) is 11.0. The zero-order chi connectivity index (χ0) is 16.4. The Kier molecular flexibility index (Phi) is 10.6. The van der Waals surface area contributed by atoms with E-state index in [1.807, 2.05) is 14.1 Å². The Morgan fingerprint density at radius 3 is 1.86 bits per heavy atom. The Labute approximate surface area is 131 Å². The topological polar surface area (TPSA) is 36.0 Å². The van der Waals surface area contributed by atoms with Crippen LogP contribution in [0.5, 0.6) is 0 Å². The number of nitrogens with zero attached hydrogens (tertiary/aromatic N) is 3. The summed E-state index contributed by atoms with van der Waals surface area (Å²) in [5.74, 6) is 0.186. The lowest BCUT2D eigenvalue weighted by Crippen LogP contribution is -2.35. The van der Waals surface area contributed by atoms with Crippen LogP contribution in [-0.2, 0) is 9.53 Å². The van der Waals surface area contributed by atoms with E-state index in [0.717, 1.165) is 13.1 Å². The molecule has 0 radical (unpaired) electrons. The van der Waals surface area contributed by atoms with Crippen LogP contribution in [0.2, 0.25) is 0 Å². The van der Waals surface area contributed by atoms with Crippen molar-refractivity contribution >= 4 is 5.91 Å². The van der Waals surface area contributed by atoms with Gasteiger partial charge in [0.25, 0.3) is 0 Å². The summed E-state index contributed by atoms with van der Waals surface area (Å²) in [6, 6.07) is 1.01. The van der Waals surface area contributed by atoms with E-state index in [9.17, 15) is 4.79 Å². The lowest BCUT2D eigenvalue weighted by atomic mass is 10.3. The molecule has 1 amide bonds. The first-order chi connectivity index (χ1) is 9.75. The summed E-state index contributed by atoms with van der Waals surface area (Å²) in [6.07, 6.45) is 0.571. The Bertz CT molecular complexity index is 283. The summed E-state index contributed by atoms with van der Waals surface area (Å²) in [7, 11) is 5.99. The van der Waals surface area contributed by atoms with Crippen molar-refractivity contribution in [1.29, 1.82) is 0 Å². The van der Waals surface area contributed by atoms with Crippen LogP contribution in [0.1, 0.15) is 34.1 Å². The third-order valence-electron chi connectivity index (χ3n) is 4.03. The van der Waals surface area contributed by atoms with Crippen LogP contribution in [0.15, 0.2) is 0 Å². The van der Waals surface area contributed by atoms with Gasteiger partial charge in [0, 0.05) is 45.2 Å². The minimum absolute atomic E-state index is 0.186. The standard InChI is InChI=1S/C16H35N3O2/c1-14(2)17(5)9-8-16(20)19(7)11-13-21-12-10-18(6)15(3)4/h14-15H,8-13H2,1-7H3. The highest BCUT2D eigenvalue weighted by Gasteiger charge is 2.11. The van der Waals surface area contributed by atoms with Gasteiger partial charge in [-0.2, -0.15) is 0 Å². The molecule has 0 aromatic heterocycles. The minimum atomic E-state index is 0.186. The molecule has 5 nitrogen and oxygen atoms in total. The molecule has 0 aliphatic heterocycles. The van der Waals surface area contributed by atoms with Crippen LogP contribution in [0.3, 0.4) is 0 Å². The fourth-order valence-electron chi connectivity index (χ4n) is 1.62. The van der Waals surface area contributed by atoms with E-state index in [1.54, 1.807) is 4.90 Å². The first kappa shape index (κ1) is 20.3. The summed E-state index contributed by atoms with van der Waals surface area (Å²) in [6.45, 7) is 12.3. The van der Waals surface area contributed by atoms with Gasteiger partial charge >= 0.3 is 0 Å². The van der Waals surface area contributed by atoms with Crippen LogP contribution in [-0.4, -0.2) is 86.7 Å². The largest absolute Gasteiger partial charge is 0.378 e. The zero-order valence-electron chi connectivity index (χ0n) is 15.1. The van der Waals surface area contributed by atoms with E-state index >= 15 is 0 Å². The average molecular weight is 301 g/mol. The van der Waals surface area contributed by atoms with E-state index in [1.165, 1.54) is 0 Å². The molecule has 0 N–H and O–H groups in total. The number of hydrogen-bond acceptors (Lipinski definition) is 4. The van der Waals surface area contributed by atoms with Gasteiger partial charge in [0.2, 0.25) is 5.91 Å². The van der Waals surface area contributed by atoms with Gasteiger partial charge in [-0.15, -0.1) is 0 Å². The molecule has 0 heterocycles. The predicted molar refractivity (Wildman–Crippen MR) is 88.6 cm³/mol. The molecular formula is C16H35N3O2. The predicted octanol–water partition coefficient (Wildman–Crippen LogP) is 1.53. The van der Waals surface area contributed by atoms with Crippen molar-refractivity contribution in [3.63, 3.8) is 0 Å². The number of rotatable bonds is 11. The molecule has 0 spiro atoms. The molecular weight excluding hydrogens is 266 g/mol. The molecule has 0 aliphatic carbocycles. The van der Waals surface area contributed by atoms with Crippen molar-refractivity contribution in [2.45, 2.75) is 46.2 Å². The van der Waals surface area contributed by atoms with Gasteiger partial charge in [0.1, 0.15) is 0 Å². The third-order valence-corrected chi connectivity index (χ3v) is 4.03. The Morgan fingerprint density at radius 1 is 0.857 bits per heavy atom. The van der Waals surface area contributed by atoms with Gasteiger partial charge in [0.15, 0.2) is 0 Å². The fourth-order valence-corrected chi connectivity index (χ4v) is 1.62. The van der Waals surface area contributed by atoms with Crippen molar-refractivity contribution in [3.05, 3.63) is 0 Å². The number of carbonyl (C=O) groups excluding carboxylic acids is 1. The number of likely N-dealkylation sites (N-methyl/N-ethyl adjacent to an activating group) is 2. The molecule has 0 aliphatic rings. The highest BCUT2D eigenvalue weighted by atomic mass is 16.5. The van der Waals surface area contributed by atoms with Crippen molar-refractivity contribution < 1.29 is 9.53 Å². The number of hydrogen-bond donors (Lipinski definition) is 0. The maximum Gasteiger partial charge on any atom is 0.223 e. The average Bonchev–Trinajstić information content (AvgIpc) is 2.42. The van der Waals surface area contributed by atoms with Crippen molar-refractivity contribution in [2.75, 3.05) is 54.0 Å². The smallest absolute Gasteiger partial charge is 0.223 e. The van der Waals surface area contributed by atoms with Crippen molar-refractivity contribution in [1.82, 2.24) is 14.7 Å². The molecule has 0 atom stereocenters. The number of ether oxygens (including phenoxy) is 1.